The zero-order valence-corrected chi connectivity index (χ0v) is 10.2. The van der Waals surface area contributed by atoms with Crippen molar-refractivity contribution < 1.29 is 19.5 Å². The second-order valence-electron chi connectivity index (χ2n) is 4.91. The Labute approximate surface area is 105 Å². The Balaban J connectivity index is 1.97. The Morgan fingerprint density at radius 1 is 1.28 bits per heavy atom. The summed E-state index contributed by atoms with van der Waals surface area (Å²) >= 11 is 0. The Bertz CT molecular complexity index is 363. The third kappa shape index (κ3) is 2.63. The highest BCUT2D eigenvalue weighted by atomic mass is 16.4. The summed E-state index contributed by atoms with van der Waals surface area (Å²) in [4.78, 5) is 35.5. The van der Waals surface area contributed by atoms with Crippen LogP contribution in [0.4, 0.5) is 4.79 Å². The van der Waals surface area contributed by atoms with E-state index < -0.39 is 12.0 Å². The zero-order valence-electron chi connectivity index (χ0n) is 10.2. The maximum Gasteiger partial charge on any atom is 0.325 e. The Hall–Kier alpha value is -1.59. The lowest BCUT2D eigenvalue weighted by Gasteiger charge is -2.28. The third-order valence-corrected chi connectivity index (χ3v) is 3.63. The minimum absolute atomic E-state index is 0.0146. The molecule has 1 atom stereocenters. The lowest BCUT2D eigenvalue weighted by Crippen LogP contribution is -2.42. The molecule has 0 radical (unpaired) electrons. The molecule has 0 spiro atoms. The van der Waals surface area contributed by atoms with Gasteiger partial charge in [-0.2, -0.15) is 0 Å². The highest BCUT2D eigenvalue weighted by molar-refractivity contribution is 6.04. The van der Waals surface area contributed by atoms with Gasteiger partial charge in [0, 0.05) is 12.0 Å². The van der Waals surface area contributed by atoms with Gasteiger partial charge in [0.15, 0.2) is 0 Å². The van der Waals surface area contributed by atoms with Crippen molar-refractivity contribution in [2.45, 2.75) is 57.0 Å². The molecule has 2 fully saturated rings. The molecule has 2 aliphatic rings. The maximum atomic E-state index is 12.1. The van der Waals surface area contributed by atoms with Crippen molar-refractivity contribution >= 4 is 17.9 Å². The normalized spacial score (nSPS) is 25.3. The summed E-state index contributed by atoms with van der Waals surface area (Å²) in [5.41, 5.74) is 0. The van der Waals surface area contributed by atoms with E-state index in [1.54, 1.807) is 0 Å². The van der Waals surface area contributed by atoms with E-state index in [1.165, 1.54) is 4.90 Å². The van der Waals surface area contributed by atoms with E-state index in [2.05, 4.69) is 5.32 Å². The molecule has 18 heavy (non-hydrogen) atoms. The number of rotatable bonds is 4. The molecular formula is C12H17N2O4-. The van der Waals surface area contributed by atoms with Crippen molar-refractivity contribution in [1.29, 1.82) is 0 Å². The molecule has 6 nitrogen and oxygen atoms in total. The minimum atomic E-state index is -1.20. The Kier molecular flexibility index (Phi) is 3.84. The molecule has 1 heterocycles. The topological polar surface area (TPSA) is 89.5 Å². The number of aliphatic carboxylic acids is 1. The summed E-state index contributed by atoms with van der Waals surface area (Å²) in [5, 5.41) is 12.9. The first-order chi connectivity index (χ1) is 8.59. The van der Waals surface area contributed by atoms with E-state index in [0.717, 1.165) is 32.1 Å². The van der Waals surface area contributed by atoms with Gasteiger partial charge >= 0.3 is 6.03 Å². The van der Waals surface area contributed by atoms with E-state index in [9.17, 15) is 19.5 Å². The highest BCUT2D eigenvalue weighted by Crippen LogP contribution is 2.26. The summed E-state index contributed by atoms with van der Waals surface area (Å²) in [6.45, 7) is 0. The highest BCUT2D eigenvalue weighted by Gasteiger charge is 2.41. The van der Waals surface area contributed by atoms with E-state index in [4.69, 9.17) is 0 Å². The van der Waals surface area contributed by atoms with Crippen LogP contribution in [-0.2, 0) is 9.59 Å². The molecular weight excluding hydrogens is 236 g/mol. The first-order valence-electron chi connectivity index (χ1n) is 6.43. The standard InChI is InChI=1S/C12H18N2O4/c15-10(16)7-6-9-11(17)14(12(18)13-9)8-4-2-1-3-5-8/h8-9H,1-7H2,(H,13,18)(H,15,16)/p-1/t9-/m1/s1. The summed E-state index contributed by atoms with van der Waals surface area (Å²) in [7, 11) is 0. The van der Waals surface area contributed by atoms with Gasteiger partial charge in [-0.1, -0.05) is 19.3 Å². The molecule has 3 amide bonds. The molecule has 0 aromatic rings. The number of hydrogen-bond acceptors (Lipinski definition) is 4. The average molecular weight is 253 g/mol. The number of carbonyl (C=O) groups excluding carboxylic acids is 3. The minimum Gasteiger partial charge on any atom is -0.550 e. The van der Waals surface area contributed by atoms with Crippen LogP contribution in [0.25, 0.3) is 0 Å². The van der Waals surface area contributed by atoms with Crippen molar-refractivity contribution in [3.05, 3.63) is 0 Å². The second-order valence-corrected chi connectivity index (χ2v) is 4.91. The summed E-state index contributed by atoms with van der Waals surface area (Å²) in [6, 6.07) is -1.09. The maximum absolute atomic E-state index is 12.1. The lowest BCUT2D eigenvalue weighted by molar-refractivity contribution is -0.305. The molecule has 1 saturated heterocycles. The quantitative estimate of drug-likeness (QED) is 0.701. The third-order valence-electron chi connectivity index (χ3n) is 3.63. The lowest BCUT2D eigenvalue weighted by atomic mass is 9.94. The monoisotopic (exact) mass is 253 g/mol. The van der Waals surface area contributed by atoms with Crippen LogP contribution in [0.15, 0.2) is 0 Å². The molecule has 1 N–H and O–H groups in total. The van der Waals surface area contributed by atoms with Gasteiger partial charge in [0.25, 0.3) is 5.91 Å². The first-order valence-corrected chi connectivity index (χ1v) is 6.43. The van der Waals surface area contributed by atoms with Crippen LogP contribution >= 0.6 is 0 Å². The molecule has 100 valence electrons. The van der Waals surface area contributed by atoms with Crippen molar-refractivity contribution in [1.82, 2.24) is 10.2 Å². The van der Waals surface area contributed by atoms with Gasteiger partial charge in [0.1, 0.15) is 6.04 Å². The van der Waals surface area contributed by atoms with Crippen molar-refractivity contribution in [2.75, 3.05) is 0 Å². The molecule has 6 heteroatoms. The summed E-state index contributed by atoms with van der Waals surface area (Å²) in [5.74, 6) is -1.48. The number of amides is 3. The zero-order chi connectivity index (χ0) is 13.1. The second kappa shape index (κ2) is 5.37. The molecule has 1 aliphatic carbocycles. The first kappa shape index (κ1) is 12.9. The van der Waals surface area contributed by atoms with Gasteiger partial charge in [-0.05, 0) is 25.7 Å². The van der Waals surface area contributed by atoms with Crippen LogP contribution in [-0.4, -0.2) is 34.9 Å². The van der Waals surface area contributed by atoms with Gasteiger partial charge in [0.05, 0.1) is 0 Å². The van der Waals surface area contributed by atoms with Crippen LogP contribution in [0.2, 0.25) is 0 Å². The van der Waals surface area contributed by atoms with Crippen LogP contribution in [0.3, 0.4) is 0 Å². The Morgan fingerprint density at radius 2 is 1.94 bits per heavy atom. The smallest absolute Gasteiger partial charge is 0.325 e. The van der Waals surface area contributed by atoms with Gasteiger partial charge < -0.3 is 15.2 Å². The fraction of sp³-hybridized carbons (Fsp3) is 0.750. The number of carbonyl (C=O) groups is 3. The van der Waals surface area contributed by atoms with Crippen molar-refractivity contribution in [3.63, 3.8) is 0 Å². The molecule has 0 aromatic heterocycles. The van der Waals surface area contributed by atoms with Gasteiger partial charge in [-0.25, -0.2) is 4.79 Å². The number of nitrogens with zero attached hydrogens (tertiary/aromatic N) is 1. The predicted molar refractivity (Wildman–Crippen MR) is 60.3 cm³/mol. The van der Waals surface area contributed by atoms with E-state index >= 15 is 0 Å². The molecule has 0 unspecified atom stereocenters. The average Bonchev–Trinajstić information content (AvgIpc) is 2.63. The van der Waals surface area contributed by atoms with E-state index in [1.807, 2.05) is 0 Å². The molecule has 1 saturated carbocycles. The van der Waals surface area contributed by atoms with E-state index in [0.29, 0.717) is 0 Å². The fourth-order valence-electron chi connectivity index (χ4n) is 2.69. The van der Waals surface area contributed by atoms with Crippen molar-refractivity contribution in [2.24, 2.45) is 0 Å². The largest absolute Gasteiger partial charge is 0.550 e. The number of hydrogen-bond donors (Lipinski definition) is 1. The number of nitrogens with one attached hydrogen (secondary N) is 1. The van der Waals surface area contributed by atoms with Crippen LogP contribution in [0.5, 0.6) is 0 Å². The van der Waals surface area contributed by atoms with E-state index in [-0.39, 0.29) is 30.8 Å². The summed E-state index contributed by atoms with van der Waals surface area (Å²) in [6.07, 6.45) is 4.81. The van der Waals surface area contributed by atoms with Gasteiger partial charge in [-0.15, -0.1) is 0 Å². The van der Waals surface area contributed by atoms with Gasteiger partial charge in [-0.3, -0.25) is 9.69 Å². The molecule has 2 rings (SSSR count). The predicted octanol–water partition coefficient (Wildman–Crippen LogP) is -0.230. The molecule has 0 bridgehead atoms. The van der Waals surface area contributed by atoms with Crippen LogP contribution < -0.4 is 10.4 Å². The summed E-state index contributed by atoms with van der Waals surface area (Å²) < 4.78 is 0. The number of carboxylic acids is 1. The number of urea groups is 1. The SMILES string of the molecule is O=C([O-])CC[C@H]1NC(=O)N(C2CCCCC2)C1=O. The van der Waals surface area contributed by atoms with Crippen LogP contribution in [0, 0.1) is 0 Å². The van der Waals surface area contributed by atoms with Gasteiger partial charge in [0.2, 0.25) is 0 Å². The number of carboxylic acid groups (broad SMARTS) is 1. The Morgan fingerprint density at radius 3 is 2.56 bits per heavy atom. The molecule has 0 aromatic carbocycles. The molecule has 1 aliphatic heterocycles. The van der Waals surface area contributed by atoms with Crippen molar-refractivity contribution in [3.8, 4) is 0 Å². The fourth-order valence-corrected chi connectivity index (χ4v) is 2.69. The van der Waals surface area contributed by atoms with Crippen LogP contribution in [0.1, 0.15) is 44.9 Å². The number of imide groups is 1.